The molecular weight excluding hydrogens is 276 g/mol. The Morgan fingerprint density at radius 2 is 2.00 bits per heavy atom. The summed E-state index contributed by atoms with van der Waals surface area (Å²) in [5.74, 6) is -3.33. The number of rotatable bonds is 2. The summed E-state index contributed by atoms with van der Waals surface area (Å²) in [5, 5.41) is 9.39. The summed E-state index contributed by atoms with van der Waals surface area (Å²) in [4.78, 5) is 13.6. The van der Waals surface area contributed by atoms with Gasteiger partial charge in [-0.1, -0.05) is 6.07 Å². The molecule has 2 rings (SSSR count). The van der Waals surface area contributed by atoms with Crippen molar-refractivity contribution in [2.24, 2.45) is 5.92 Å². The molecule has 0 radical (unpaired) electrons. The molecule has 5 heteroatoms. The topological polar surface area (TPSA) is 40.5 Å². The van der Waals surface area contributed by atoms with Gasteiger partial charge in [0, 0.05) is 24.1 Å². The Morgan fingerprint density at radius 1 is 1.33 bits per heavy atom. The van der Waals surface area contributed by atoms with E-state index in [4.69, 9.17) is 0 Å². The summed E-state index contributed by atoms with van der Waals surface area (Å²) in [6.07, 6.45) is 0.466. The summed E-state index contributed by atoms with van der Waals surface area (Å²) in [7, 11) is 0. The molecule has 0 amide bonds. The highest BCUT2D eigenvalue weighted by atomic mass is 19.1. The fourth-order valence-corrected chi connectivity index (χ4v) is 2.97. The number of hydrogen-bond acceptors (Lipinski definition) is 2. The molecule has 1 N–H and O–H groups in total. The number of carboxylic acids is 1. The van der Waals surface area contributed by atoms with Crippen LogP contribution >= 0.6 is 0 Å². The molecule has 0 spiro atoms. The second kappa shape index (κ2) is 5.72. The Labute approximate surface area is 123 Å². The van der Waals surface area contributed by atoms with E-state index in [1.807, 2.05) is 20.8 Å². The number of nitrogens with zero attached hydrogens (tertiary/aromatic N) is 1. The molecule has 0 aliphatic carbocycles. The maximum atomic E-state index is 14.0. The van der Waals surface area contributed by atoms with Crippen molar-refractivity contribution in [3.8, 4) is 0 Å². The molecule has 21 heavy (non-hydrogen) atoms. The maximum Gasteiger partial charge on any atom is 0.307 e. The van der Waals surface area contributed by atoms with Gasteiger partial charge in [-0.2, -0.15) is 0 Å². The fourth-order valence-electron chi connectivity index (χ4n) is 2.97. The molecule has 1 saturated heterocycles. The van der Waals surface area contributed by atoms with E-state index >= 15 is 0 Å². The van der Waals surface area contributed by atoms with Crippen LogP contribution in [0.15, 0.2) is 18.2 Å². The average molecular weight is 297 g/mol. The number of halogens is 2. The molecule has 1 fully saturated rings. The summed E-state index contributed by atoms with van der Waals surface area (Å²) in [5.41, 5.74) is 0.177. The lowest BCUT2D eigenvalue weighted by Gasteiger charge is -2.44. The van der Waals surface area contributed by atoms with Crippen LogP contribution in [-0.2, 0) is 4.79 Å². The number of carboxylic acid groups (broad SMARTS) is 1. The number of aliphatic carboxylic acids is 1. The number of carbonyl (C=O) groups is 1. The van der Waals surface area contributed by atoms with Crippen molar-refractivity contribution >= 4 is 5.97 Å². The zero-order chi connectivity index (χ0) is 15.8. The van der Waals surface area contributed by atoms with E-state index in [9.17, 15) is 18.7 Å². The summed E-state index contributed by atoms with van der Waals surface area (Å²) < 4.78 is 27.1. The first-order valence-electron chi connectivity index (χ1n) is 7.13. The van der Waals surface area contributed by atoms with Crippen molar-refractivity contribution in [2.75, 3.05) is 13.1 Å². The molecule has 1 aliphatic heterocycles. The van der Waals surface area contributed by atoms with E-state index in [-0.39, 0.29) is 11.1 Å². The van der Waals surface area contributed by atoms with Crippen LogP contribution in [0.5, 0.6) is 0 Å². The van der Waals surface area contributed by atoms with Gasteiger partial charge in [-0.25, -0.2) is 8.78 Å². The monoisotopic (exact) mass is 297 g/mol. The quantitative estimate of drug-likeness (QED) is 0.911. The second-order valence-electron chi connectivity index (χ2n) is 6.62. The van der Waals surface area contributed by atoms with Crippen molar-refractivity contribution < 1.29 is 18.7 Å². The third-order valence-corrected chi connectivity index (χ3v) is 4.24. The summed E-state index contributed by atoms with van der Waals surface area (Å²) in [6.45, 7) is 7.27. The van der Waals surface area contributed by atoms with E-state index in [1.165, 1.54) is 12.1 Å². The molecule has 2 unspecified atom stereocenters. The van der Waals surface area contributed by atoms with Gasteiger partial charge < -0.3 is 5.11 Å². The van der Waals surface area contributed by atoms with Crippen LogP contribution in [0.25, 0.3) is 0 Å². The van der Waals surface area contributed by atoms with Crippen LogP contribution in [0.3, 0.4) is 0 Å². The smallest absolute Gasteiger partial charge is 0.307 e. The van der Waals surface area contributed by atoms with Gasteiger partial charge in [-0.05, 0) is 45.4 Å². The standard InChI is InChI=1S/C16H21F2NO2/c1-16(2,3)19-7-6-12(15(20)21)13(9-19)11-5-4-10(17)8-14(11)18/h4-5,8,12-13H,6-7,9H2,1-3H3,(H,20,21). The molecule has 116 valence electrons. The Kier molecular flexibility index (Phi) is 4.33. The summed E-state index contributed by atoms with van der Waals surface area (Å²) in [6, 6.07) is 3.38. The van der Waals surface area contributed by atoms with E-state index in [0.717, 1.165) is 6.07 Å². The Hall–Kier alpha value is -1.49. The molecule has 1 aromatic rings. The fraction of sp³-hybridized carbons (Fsp3) is 0.562. The predicted molar refractivity (Wildman–Crippen MR) is 76.2 cm³/mol. The Morgan fingerprint density at radius 3 is 2.52 bits per heavy atom. The second-order valence-corrected chi connectivity index (χ2v) is 6.62. The van der Waals surface area contributed by atoms with E-state index in [0.29, 0.717) is 19.5 Å². The Balaban J connectivity index is 2.36. The molecule has 2 atom stereocenters. The normalized spacial score (nSPS) is 24.0. The first kappa shape index (κ1) is 15.9. The van der Waals surface area contributed by atoms with Crippen LogP contribution in [0.4, 0.5) is 8.78 Å². The van der Waals surface area contributed by atoms with Gasteiger partial charge in [0.1, 0.15) is 11.6 Å². The van der Waals surface area contributed by atoms with Gasteiger partial charge in [0.05, 0.1) is 5.92 Å². The van der Waals surface area contributed by atoms with Gasteiger partial charge in [-0.3, -0.25) is 9.69 Å². The molecule has 0 saturated carbocycles. The van der Waals surface area contributed by atoms with Crippen molar-refractivity contribution in [1.82, 2.24) is 4.90 Å². The number of hydrogen-bond donors (Lipinski definition) is 1. The van der Waals surface area contributed by atoms with Crippen molar-refractivity contribution in [3.05, 3.63) is 35.4 Å². The third kappa shape index (κ3) is 3.40. The first-order valence-corrected chi connectivity index (χ1v) is 7.13. The largest absolute Gasteiger partial charge is 0.481 e. The Bertz CT molecular complexity index is 540. The number of likely N-dealkylation sites (tertiary alicyclic amines) is 1. The molecule has 3 nitrogen and oxygen atoms in total. The van der Waals surface area contributed by atoms with Gasteiger partial charge in [0.15, 0.2) is 0 Å². The molecular formula is C16H21F2NO2. The van der Waals surface area contributed by atoms with Gasteiger partial charge in [-0.15, -0.1) is 0 Å². The van der Waals surface area contributed by atoms with Crippen LogP contribution in [0.2, 0.25) is 0 Å². The highest BCUT2D eigenvalue weighted by Crippen LogP contribution is 2.36. The number of piperidine rings is 1. The molecule has 1 aliphatic rings. The SMILES string of the molecule is CC(C)(C)N1CCC(C(=O)O)C(c2ccc(F)cc2F)C1. The lowest BCUT2D eigenvalue weighted by atomic mass is 9.79. The first-order chi connectivity index (χ1) is 9.70. The van der Waals surface area contributed by atoms with Crippen molar-refractivity contribution in [2.45, 2.75) is 38.6 Å². The predicted octanol–water partition coefficient (Wildman–Crippen LogP) is 3.25. The zero-order valence-electron chi connectivity index (χ0n) is 12.6. The van der Waals surface area contributed by atoms with E-state index in [2.05, 4.69) is 4.90 Å². The van der Waals surface area contributed by atoms with Crippen LogP contribution in [0, 0.1) is 17.6 Å². The number of benzene rings is 1. The maximum absolute atomic E-state index is 14.0. The minimum absolute atomic E-state index is 0.113. The molecule has 1 heterocycles. The van der Waals surface area contributed by atoms with Gasteiger partial charge in [0.2, 0.25) is 0 Å². The third-order valence-electron chi connectivity index (χ3n) is 4.24. The van der Waals surface area contributed by atoms with Gasteiger partial charge in [0.25, 0.3) is 0 Å². The summed E-state index contributed by atoms with van der Waals surface area (Å²) >= 11 is 0. The zero-order valence-corrected chi connectivity index (χ0v) is 12.6. The van der Waals surface area contributed by atoms with E-state index in [1.54, 1.807) is 0 Å². The minimum Gasteiger partial charge on any atom is -0.481 e. The van der Waals surface area contributed by atoms with Gasteiger partial charge >= 0.3 is 5.97 Å². The van der Waals surface area contributed by atoms with Crippen LogP contribution < -0.4 is 0 Å². The average Bonchev–Trinajstić information content (AvgIpc) is 2.37. The lowest BCUT2D eigenvalue weighted by molar-refractivity contribution is -0.144. The van der Waals surface area contributed by atoms with E-state index < -0.39 is 29.4 Å². The van der Waals surface area contributed by atoms with Crippen molar-refractivity contribution in [3.63, 3.8) is 0 Å². The molecule has 1 aromatic carbocycles. The van der Waals surface area contributed by atoms with Crippen molar-refractivity contribution in [1.29, 1.82) is 0 Å². The lowest BCUT2D eigenvalue weighted by Crippen LogP contribution is -2.50. The molecule has 0 aromatic heterocycles. The van der Waals surface area contributed by atoms with Crippen LogP contribution in [0.1, 0.15) is 38.7 Å². The highest BCUT2D eigenvalue weighted by molar-refractivity contribution is 5.71. The highest BCUT2D eigenvalue weighted by Gasteiger charge is 2.39. The molecule has 0 bridgehead atoms. The minimum atomic E-state index is -0.919. The van der Waals surface area contributed by atoms with Crippen LogP contribution in [-0.4, -0.2) is 34.6 Å².